The van der Waals surface area contributed by atoms with E-state index in [1.807, 2.05) is 12.1 Å². The lowest BCUT2D eigenvalue weighted by Crippen LogP contribution is -2.21. The minimum atomic E-state index is 0.0241. The number of ether oxygens (including phenoxy) is 2. The number of carbonyl (C=O) groups is 1. The number of hydrogen-bond donors (Lipinski definition) is 0. The highest BCUT2D eigenvalue weighted by molar-refractivity contribution is 5.82. The average Bonchev–Trinajstić information content (AvgIpc) is 2.89. The highest BCUT2D eigenvalue weighted by atomic mass is 16.5. The lowest BCUT2D eigenvalue weighted by Gasteiger charge is -2.13. The second-order valence-corrected chi connectivity index (χ2v) is 5.49. The molecule has 0 spiro atoms. The summed E-state index contributed by atoms with van der Waals surface area (Å²) in [4.78, 5) is 11.9. The van der Waals surface area contributed by atoms with E-state index in [0.717, 1.165) is 12.2 Å². The zero-order valence-corrected chi connectivity index (χ0v) is 11.9. The van der Waals surface area contributed by atoms with Gasteiger partial charge in [0.15, 0.2) is 5.78 Å². The minimum absolute atomic E-state index is 0.0241. The van der Waals surface area contributed by atoms with Gasteiger partial charge in [-0.05, 0) is 42.5 Å². The first-order valence-electron chi connectivity index (χ1n) is 6.91. The van der Waals surface area contributed by atoms with Gasteiger partial charge in [-0.2, -0.15) is 0 Å². The average molecular weight is 262 g/mol. The maximum Gasteiger partial charge on any atom is 0.175 e. The van der Waals surface area contributed by atoms with Gasteiger partial charge in [0.05, 0.1) is 6.61 Å². The van der Waals surface area contributed by atoms with Crippen molar-refractivity contribution in [3.63, 3.8) is 0 Å². The number of carbonyl (C=O) groups excluding carboxylic acids is 1. The molecule has 3 nitrogen and oxygen atoms in total. The van der Waals surface area contributed by atoms with Gasteiger partial charge in [0.1, 0.15) is 12.4 Å². The molecule has 0 N–H and O–H groups in total. The molecule has 2 rings (SSSR count). The summed E-state index contributed by atoms with van der Waals surface area (Å²) in [7, 11) is 0. The smallest absolute Gasteiger partial charge is 0.175 e. The van der Waals surface area contributed by atoms with Crippen molar-refractivity contribution in [2.24, 2.45) is 5.92 Å². The second kappa shape index (κ2) is 6.20. The maximum atomic E-state index is 11.9. The normalized spacial score (nSPS) is 18.8. The highest BCUT2D eigenvalue weighted by Gasteiger charge is 2.23. The monoisotopic (exact) mass is 262 g/mol. The molecule has 3 heteroatoms. The molecule has 104 valence electrons. The second-order valence-electron chi connectivity index (χ2n) is 5.49. The Kier molecular flexibility index (Phi) is 4.59. The largest absolute Gasteiger partial charge is 0.486 e. The Bertz CT molecular complexity index is 445. The molecule has 0 bridgehead atoms. The number of hydrogen-bond acceptors (Lipinski definition) is 3. The molecule has 0 aromatic heterocycles. The zero-order chi connectivity index (χ0) is 13.8. The number of aryl methyl sites for hydroxylation is 1. The Hall–Kier alpha value is -1.35. The van der Waals surface area contributed by atoms with Crippen LogP contribution in [0.3, 0.4) is 0 Å². The van der Waals surface area contributed by atoms with E-state index in [1.165, 1.54) is 11.1 Å². The van der Waals surface area contributed by atoms with Crippen LogP contribution < -0.4 is 4.74 Å². The number of rotatable bonds is 5. The molecule has 1 heterocycles. The van der Waals surface area contributed by atoms with Gasteiger partial charge in [-0.15, -0.1) is 0 Å². The van der Waals surface area contributed by atoms with Crippen molar-refractivity contribution >= 4 is 5.78 Å². The molecule has 1 saturated heterocycles. The molecule has 19 heavy (non-hydrogen) atoms. The van der Waals surface area contributed by atoms with Crippen LogP contribution in [0, 0.1) is 12.8 Å². The Balaban J connectivity index is 1.92. The van der Waals surface area contributed by atoms with Gasteiger partial charge in [0.25, 0.3) is 0 Å². The summed E-state index contributed by atoms with van der Waals surface area (Å²) in [5.74, 6) is 1.44. The summed E-state index contributed by atoms with van der Waals surface area (Å²) >= 11 is 0. The molecule has 0 amide bonds. The van der Waals surface area contributed by atoms with Gasteiger partial charge in [-0.25, -0.2) is 0 Å². The third-order valence-corrected chi connectivity index (χ3v) is 3.63. The van der Waals surface area contributed by atoms with Crippen molar-refractivity contribution < 1.29 is 14.3 Å². The molecular weight excluding hydrogens is 240 g/mol. The topological polar surface area (TPSA) is 35.5 Å². The Morgan fingerprint density at radius 2 is 2.26 bits per heavy atom. The molecule has 1 aromatic carbocycles. The summed E-state index contributed by atoms with van der Waals surface area (Å²) < 4.78 is 10.8. The van der Waals surface area contributed by atoms with Gasteiger partial charge >= 0.3 is 0 Å². The summed E-state index contributed by atoms with van der Waals surface area (Å²) in [6, 6.07) is 6.03. The first-order valence-corrected chi connectivity index (χ1v) is 6.91. The SMILES string of the molecule is Cc1cc(OCC(=O)C2CCOC2)ccc1C(C)C. The van der Waals surface area contributed by atoms with E-state index in [-0.39, 0.29) is 18.3 Å². The summed E-state index contributed by atoms with van der Waals surface area (Å²) in [5, 5.41) is 0. The van der Waals surface area contributed by atoms with Gasteiger partial charge in [0.2, 0.25) is 0 Å². The maximum absolute atomic E-state index is 11.9. The fourth-order valence-corrected chi connectivity index (χ4v) is 2.45. The van der Waals surface area contributed by atoms with Crippen LogP contribution in [0.1, 0.15) is 37.3 Å². The first kappa shape index (κ1) is 14.1. The predicted molar refractivity (Wildman–Crippen MR) is 74.7 cm³/mol. The van der Waals surface area contributed by atoms with Crippen LogP contribution >= 0.6 is 0 Å². The van der Waals surface area contributed by atoms with Crippen LogP contribution in [-0.2, 0) is 9.53 Å². The molecule has 0 aliphatic carbocycles. The van der Waals surface area contributed by atoms with Crippen LogP contribution in [0.2, 0.25) is 0 Å². The molecule has 1 unspecified atom stereocenters. The van der Waals surface area contributed by atoms with Gasteiger partial charge < -0.3 is 9.47 Å². The highest BCUT2D eigenvalue weighted by Crippen LogP contribution is 2.23. The van der Waals surface area contributed by atoms with Crippen molar-refractivity contribution in [1.82, 2.24) is 0 Å². The molecular formula is C16H22O3. The molecule has 1 fully saturated rings. The molecule has 1 atom stereocenters. The van der Waals surface area contributed by atoms with E-state index in [0.29, 0.717) is 19.1 Å². The molecule has 1 aromatic rings. The third kappa shape index (κ3) is 3.57. The first-order chi connectivity index (χ1) is 9.08. The van der Waals surface area contributed by atoms with Crippen molar-refractivity contribution in [3.05, 3.63) is 29.3 Å². The lowest BCUT2D eigenvalue weighted by atomic mass is 9.98. The zero-order valence-electron chi connectivity index (χ0n) is 11.9. The quantitative estimate of drug-likeness (QED) is 0.818. The van der Waals surface area contributed by atoms with Crippen molar-refractivity contribution in [1.29, 1.82) is 0 Å². The van der Waals surface area contributed by atoms with Crippen molar-refractivity contribution in [2.45, 2.75) is 33.1 Å². The summed E-state index contributed by atoms with van der Waals surface area (Å²) in [6.45, 7) is 7.81. The third-order valence-electron chi connectivity index (χ3n) is 3.63. The standard InChI is InChI=1S/C16H22O3/c1-11(2)15-5-4-14(8-12(15)3)19-10-16(17)13-6-7-18-9-13/h4-5,8,11,13H,6-7,9-10H2,1-3H3. The van der Waals surface area contributed by atoms with E-state index < -0.39 is 0 Å². The van der Waals surface area contributed by atoms with E-state index >= 15 is 0 Å². The van der Waals surface area contributed by atoms with E-state index in [2.05, 4.69) is 26.8 Å². The van der Waals surface area contributed by atoms with Crippen LogP contribution in [0.4, 0.5) is 0 Å². The van der Waals surface area contributed by atoms with Crippen LogP contribution in [0.15, 0.2) is 18.2 Å². The predicted octanol–water partition coefficient (Wildman–Crippen LogP) is 3.10. The fraction of sp³-hybridized carbons (Fsp3) is 0.562. The Morgan fingerprint density at radius 3 is 2.84 bits per heavy atom. The van der Waals surface area contributed by atoms with Crippen LogP contribution in [-0.4, -0.2) is 25.6 Å². The minimum Gasteiger partial charge on any atom is -0.486 e. The molecule has 1 aliphatic heterocycles. The van der Waals surface area contributed by atoms with E-state index in [1.54, 1.807) is 0 Å². The lowest BCUT2D eigenvalue weighted by molar-refractivity contribution is -0.124. The van der Waals surface area contributed by atoms with Gasteiger partial charge in [-0.1, -0.05) is 19.9 Å². The number of ketones is 1. The molecule has 0 radical (unpaired) electrons. The Labute approximate surface area is 114 Å². The Morgan fingerprint density at radius 1 is 1.47 bits per heavy atom. The van der Waals surface area contributed by atoms with Gasteiger partial charge in [-0.3, -0.25) is 4.79 Å². The number of benzene rings is 1. The summed E-state index contributed by atoms with van der Waals surface area (Å²) in [5.41, 5.74) is 2.53. The van der Waals surface area contributed by atoms with E-state index in [4.69, 9.17) is 9.47 Å². The number of Topliss-reactive ketones (excluding diaryl/α,β-unsaturated/α-hetero) is 1. The molecule has 0 saturated carbocycles. The molecule has 1 aliphatic rings. The van der Waals surface area contributed by atoms with Crippen LogP contribution in [0.5, 0.6) is 5.75 Å². The van der Waals surface area contributed by atoms with E-state index in [9.17, 15) is 4.79 Å². The summed E-state index contributed by atoms with van der Waals surface area (Å²) in [6.07, 6.45) is 0.827. The van der Waals surface area contributed by atoms with Crippen LogP contribution in [0.25, 0.3) is 0 Å². The van der Waals surface area contributed by atoms with Gasteiger partial charge in [0, 0.05) is 12.5 Å². The van der Waals surface area contributed by atoms with Crippen molar-refractivity contribution in [3.8, 4) is 5.75 Å². The fourth-order valence-electron chi connectivity index (χ4n) is 2.45. The van der Waals surface area contributed by atoms with Crippen molar-refractivity contribution in [2.75, 3.05) is 19.8 Å².